The fraction of sp³-hybridized carbons (Fsp3) is 0.462. The predicted molar refractivity (Wildman–Crippen MR) is 73.5 cm³/mol. The van der Waals surface area contributed by atoms with Crippen LogP contribution < -0.4 is 0 Å². The molecule has 20 heavy (non-hydrogen) atoms. The molecule has 0 radical (unpaired) electrons. The Morgan fingerprint density at radius 1 is 1.45 bits per heavy atom. The maximum Gasteiger partial charge on any atom is 0.321 e. The Balaban J connectivity index is 3.06. The highest BCUT2D eigenvalue weighted by atomic mass is 32.2. The van der Waals surface area contributed by atoms with E-state index in [0.717, 1.165) is 4.31 Å². The van der Waals surface area contributed by atoms with E-state index in [9.17, 15) is 18.3 Å². The van der Waals surface area contributed by atoms with Gasteiger partial charge in [-0.25, -0.2) is 8.42 Å². The van der Waals surface area contributed by atoms with Gasteiger partial charge in [-0.3, -0.25) is 4.79 Å². The molecule has 1 rings (SSSR count). The first-order valence-corrected chi connectivity index (χ1v) is 7.58. The molecule has 1 aromatic carbocycles. The van der Waals surface area contributed by atoms with Crippen molar-refractivity contribution in [2.24, 2.45) is 0 Å². The smallest absolute Gasteiger partial charge is 0.321 e. The quantitative estimate of drug-likeness (QED) is 0.790. The second kappa shape index (κ2) is 6.83. The summed E-state index contributed by atoms with van der Waals surface area (Å²) in [6, 6.07) is 6.06. The summed E-state index contributed by atoms with van der Waals surface area (Å²) >= 11 is 0. The Morgan fingerprint density at radius 3 is 2.65 bits per heavy atom. The number of aliphatic hydroxyl groups is 1. The fourth-order valence-electron chi connectivity index (χ4n) is 1.63. The van der Waals surface area contributed by atoms with Crippen molar-refractivity contribution in [1.82, 2.24) is 4.31 Å². The first-order chi connectivity index (χ1) is 9.32. The fourth-order valence-corrected chi connectivity index (χ4v) is 2.80. The van der Waals surface area contributed by atoms with Crippen molar-refractivity contribution in [3.8, 4) is 0 Å². The highest BCUT2D eigenvalue weighted by molar-refractivity contribution is 7.89. The highest BCUT2D eigenvalue weighted by Crippen LogP contribution is 2.21. The number of sulfonamides is 1. The monoisotopic (exact) mass is 301 g/mol. The normalized spacial score (nSPS) is 13.2. The Morgan fingerprint density at radius 2 is 2.10 bits per heavy atom. The van der Waals surface area contributed by atoms with Gasteiger partial charge in [-0.1, -0.05) is 19.1 Å². The van der Waals surface area contributed by atoms with Crippen LogP contribution in [0.4, 0.5) is 0 Å². The van der Waals surface area contributed by atoms with E-state index >= 15 is 0 Å². The largest absolute Gasteiger partial charge is 0.468 e. The second-order valence-electron chi connectivity index (χ2n) is 4.33. The molecule has 1 unspecified atom stereocenters. The van der Waals surface area contributed by atoms with E-state index in [-0.39, 0.29) is 11.4 Å². The molecule has 0 aliphatic carbocycles. The average molecular weight is 301 g/mol. The van der Waals surface area contributed by atoms with E-state index in [1.54, 1.807) is 19.1 Å². The molecule has 0 aromatic heterocycles. The standard InChI is InChI=1S/C13H19NO5S/c1-4-12(15)10-6-5-7-11(8-10)20(17,18)14(2)9-13(16)19-3/h5-8,12,15H,4,9H2,1-3H3. The van der Waals surface area contributed by atoms with Crippen LogP contribution in [0.3, 0.4) is 0 Å². The third-order valence-electron chi connectivity index (χ3n) is 2.92. The number of rotatable bonds is 6. The van der Waals surface area contributed by atoms with Crippen molar-refractivity contribution in [2.75, 3.05) is 20.7 Å². The molecular formula is C13H19NO5S. The van der Waals surface area contributed by atoms with Crippen LogP contribution in [0.1, 0.15) is 25.0 Å². The molecule has 0 saturated heterocycles. The van der Waals surface area contributed by atoms with Crippen molar-refractivity contribution in [3.63, 3.8) is 0 Å². The zero-order valence-electron chi connectivity index (χ0n) is 11.7. The number of hydrogen-bond donors (Lipinski definition) is 1. The first-order valence-electron chi connectivity index (χ1n) is 6.14. The summed E-state index contributed by atoms with van der Waals surface area (Å²) in [5.41, 5.74) is 0.528. The molecule has 0 aliphatic heterocycles. The Kier molecular flexibility index (Phi) is 5.67. The minimum atomic E-state index is -3.79. The SMILES string of the molecule is CCC(O)c1cccc(S(=O)(=O)N(C)CC(=O)OC)c1. The van der Waals surface area contributed by atoms with Crippen LogP contribution in [0.2, 0.25) is 0 Å². The Hall–Kier alpha value is -1.44. The van der Waals surface area contributed by atoms with Gasteiger partial charge in [0.2, 0.25) is 10.0 Å². The Bertz CT molecular complexity index is 570. The van der Waals surface area contributed by atoms with Crippen molar-refractivity contribution >= 4 is 16.0 Å². The second-order valence-corrected chi connectivity index (χ2v) is 6.38. The molecule has 0 spiro atoms. The minimum absolute atomic E-state index is 0.0360. The van der Waals surface area contributed by atoms with Crippen molar-refractivity contribution in [1.29, 1.82) is 0 Å². The molecule has 0 saturated carbocycles. The molecular weight excluding hydrogens is 282 g/mol. The van der Waals surface area contributed by atoms with E-state index in [1.807, 2.05) is 0 Å². The lowest BCUT2D eigenvalue weighted by atomic mass is 10.1. The first kappa shape index (κ1) is 16.6. The number of methoxy groups -OCH3 is 1. The maximum atomic E-state index is 12.3. The Labute approximate surface area is 119 Å². The number of esters is 1. The van der Waals surface area contributed by atoms with Gasteiger partial charge in [-0.15, -0.1) is 0 Å². The van der Waals surface area contributed by atoms with Crippen molar-refractivity contribution in [3.05, 3.63) is 29.8 Å². The van der Waals surface area contributed by atoms with Gasteiger partial charge in [0.15, 0.2) is 0 Å². The van der Waals surface area contributed by atoms with E-state index in [2.05, 4.69) is 4.74 Å². The van der Waals surface area contributed by atoms with Gasteiger partial charge < -0.3 is 9.84 Å². The number of likely N-dealkylation sites (N-methyl/N-ethyl adjacent to an activating group) is 1. The summed E-state index contributed by atoms with van der Waals surface area (Å²) in [6.45, 7) is 1.44. The molecule has 6 nitrogen and oxygen atoms in total. The summed E-state index contributed by atoms with van der Waals surface area (Å²) in [4.78, 5) is 11.2. The van der Waals surface area contributed by atoms with Crippen LogP contribution in [0.25, 0.3) is 0 Å². The lowest BCUT2D eigenvalue weighted by Gasteiger charge is -2.17. The van der Waals surface area contributed by atoms with Gasteiger partial charge in [0, 0.05) is 7.05 Å². The molecule has 0 aliphatic rings. The summed E-state index contributed by atoms with van der Waals surface area (Å²) < 4.78 is 29.9. The third-order valence-corrected chi connectivity index (χ3v) is 4.72. The number of benzene rings is 1. The molecule has 1 N–H and O–H groups in total. The summed E-state index contributed by atoms with van der Waals surface area (Å²) in [5, 5.41) is 9.76. The van der Waals surface area contributed by atoms with Crippen LogP contribution in [0, 0.1) is 0 Å². The van der Waals surface area contributed by atoms with E-state index < -0.39 is 22.1 Å². The van der Waals surface area contributed by atoms with Crippen molar-refractivity contribution in [2.45, 2.75) is 24.3 Å². The number of carbonyl (C=O) groups excluding carboxylic acids is 1. The predicted octanol–water partition coefficient (Wildman–Crippen LogP) is 0.923. The van der Waals surface area contributed by atoms with Crippen LogP contribution in [0.5, 0.6) is 0 Å². The molecule has 112 valence electrons. The van der Waals surface area contributed by atoms with Gasteiger partial charge in [0.1, 0.15) is 6.54 Å². The van der Waals surface area contributed by atoms with Gasteiger partial charge in [0.05, 0.1) is 18.1 Å². The van der Waals surface area contributed by atoms with Crippen LogP contribution >= 0.6 is 0 Å². The maximum absolute atomic E-state index is 12.3. The van der Waals surface area contributed by atoms with Crippen LogP contribution in [-0.4, -0.2) is 44.5 Å². The van der Waals surface area contributed by atoms with Crippen molar-refractivity contribution < 1.29 is 23.1 Å². The van der Waals surface area contributed by atoms with Gasteiger partial charge >= 0.3 is 5.97 Å². The molecule has 0 amide bonds. The lowest BCUT2D eigenvalue weighted by molar-refractivity contribution is -0.140. The number of ether oxygens (including phenoxy) is 1. The minimum Gasteiger partial charge on any atom is -0.468 e. The number of carbonyl (C=O) groups is 1. The third kappa shape index (κ3) is 3.78. The summed E-state index contributed by atoms with van der Waals surface area (Å²) in [5.74, 6) is -0.638. The van der Waals surface area contributed by atoms with Gasteiger partial charge in [0.25, 0.3) is 0 Å². The number of aliphatic hydroxyl groups excluding tert-OH is 1. The van der Waals surface area contributed by atoms with Gasteiger partial charge in [-0.2, -0.15) is 4.31 Å². The molecule has 0 heterocycles. The number of nitrogens with zero attached hydrogens (tertiary/aromatic N) is 1. The molecule has 7 heteroatoms. The van der Waals surface area contributed by atoms with E-state index in [4.69, 9.17) is 0 Å². The van der Waals surface area contributed by atoms with Gasteiger partial charge in [-0.05, 0) is 24.1 Å². The molecule has 1 aromatic rings. The molecule has 0 bridgehead atoms. The zero-order chi connectivity index (χ0) is 15.3. The molecule has 0 fully saturated rings. The highest BCUT2D eigenvalue weighted by Gasteiger charge is 2.24. The average Bonchev–Trinajstić information content (AvgIpc) is 2.46. The van der Waals surface area contributed by atoms with E-state index in [1.165, 1.54) is 26.3 Å². The topological polar surface area (TPSA) is 83.9 Å². The van der Waals surface area contributed by atoms with Crippen LogP contribution in [0.15, 0.2) is 29.2 Å². The number of hydrogen-bond acceptors (Lipinski definition) is 5. The summed E-state index contributed by atoms with van der Waals surface area (Å²) in [7, 11) is -1.29. The zero-order valence-corrected chi connectivity index (χ0v) is 12.6. The van der Waals surface area contributed by atoms with Crippen LogP contribution in [-0.2, 0) is 19.6 Å². The summed E-state index contributed by atoms with van der Waals surface area (Å²) in [6.07, 6.45) is -0.224. The lowest BCUT2D eigenvalue weighted by Crippen LogP contribution is -2.32. The van der Waals surface area contributed by atoms with E-state index in [0.29, 0.717) is 12.0 Å². The molecule has 1 atom stereocenters.